The predicted molar refractivity (Wildman–Crippen MR) is 98.9 cm³/mol. The maximum Gasteiger partial charge on any atom is 0.286 e. The van der Waals surface area contributed by atoms with Crippen LogP contribution in [-0.4, -0.2) is 36.0 Å². The molecule has 7 nitrogen and oxygen atoms in total. The van der Waals surface area contributed by atoms with Crippen LogP contribution >= 0.6 is 0 Å². The summed E-state index contributed by atoms with van der Waals surface area (Å²) >= 11 is 0. The Morgan fingerprint density at radius 2 is 2.00 bits per heavy atom. The van der Waals surface area contributed by atoms with Gasteiger partial charge in [-0.2, -0.15) is 4.99 Å². The summed E-state index contributed by atoms with van der Waals surface area (Å²) in [4.78, 5) is 24.8. The van der Waals surface area contributed by atoms with Gasteiger partial charge in [-0.25, -0.2) is 9.97 Å². The Bertz CT molecular complexity index is 968. The highest BCUT2D eigenvalue weighted by Gasteiger charge is 2.11. The second-order valence-corrected chi connectivity index (χ2v) is 5.53. The lowest BCUT2D eigenvalue weighted by Crippen LogP contribution is -2.12. The number of Topliss-reactive ketones (excluding diaryl/α,β-unsaturated/α-hetero) is 1. The Hall–Kier alpha value is -3.48. The molecular formula is C19H18N4O3. The molecule has 0 spiro atoms. The largest absolute Gasteiger partial charge is 0.480 e. The highest BCUT2D eigenvalue weighted by Crippen LogP contribution is 2.27. The van der Waals surface area contributed by atoms with Gasteiger partial charge in [-0.15, -0.1) is 0 Å². The van der Waals surface area contributed by atoms with E-state index >= 15 is 0 Å². The van der Waals surface area contributed by atoms with Crippen LogP contribution in [0.3, 0.4) is 0 Å². The van der Waals surface area contributed by atoms with Crippen LogP contribution in [0.4, 0.5) is 5.69 Å². The molecule has 0 aliphatic heterocycles. The lowest BCUT2D eigenvalue weighted by atomic mass is 10.0. The number of hydrogen-bond acceptors (Lipinski definition) is 6. The van der Waals surface area contributed by atoms with Gasteiger partial charge < -0.3 is 15.2 Å². The molecule has 0 saturated carbocycles. The summed E-state index contributed by atoms with van der Waals surface area (Å²) in [5.41, 5.74) is 7.48. The van der Waals surface area contributed by atoms with Crippen molar-refractivity contribution in [3.8, 4) is 5.88 Å². The maximum absolute atomic E-state index is 12.4. The molecule has 0 atom stereocenters. The van der Waals surface area contributed by atoms with Crippen LogP contribution in [0, 0.1) is 0 Å². The molecule has 3 rings (SSSR count). The van der Waals surface area contributed by atoms with Gasteiger partial charge >= 0.3 is 0 Å². The van der Waals surface area contributed by atoms with E-state index in [0.29, 0.717) is 17.3 Å². The van der Waals surface area contributed by atoms with Crippen LogP contribution in [0.5, 0.6) is 5.88 Å². The van der Waals surface area contributed by atoms with Gasteiger partial charge in [0.05, 0.1) is 32.3 Å². The number of methoxy groups -OCH3 is 2. The van der Waals surface area contributed by atoms with E-state index in [4.69, 9.17) is 15.2 Å². The van der Waals surface area contributed by atoms with E-state index < -0.39 is 0 Å². The topological polar surface area (TPSA) is 99.7 Å². The van der Waals surface area contributed by atoms with E-state index in [-0.39, 0.29) is 18.2 Å². The zero-order chi connectivity index (χ0) is 18.5. The molecule has 0 amide bonds. The summed E-state index contributed by atoms with van der Waals surface area (Å²) in [6.07, 6.45) is 3.04. The molecule has 0 aliphatic carbocycles. The van der Waals surface area contributed by atoms with E-state index in [9.17, 15) is 4.79 Å². The van der Waals surface area contributed by atoms with E-state index in [1.165, 1.54) is 26.6 Å². The third kappa shape index (κ3) is 3.77. The van der Waals surface area contributed by atoms with Gasteiger partial charge in [-0.1, -0.05) is 24.3 Å². The van der Waals surface area contributed by atoms with Crippen LogP contribution in [0.1, 0.15) is 16.1 Å². The Morgan fingerprint density at radius 3 is 2.69 bits per heavy atom. The van der Waals surface area contributed by atoms with Crippen LogP contribution in [0.25, 0.3) is 10.8 Å². The van der Waals surface area contributed by atoms with Gasteiger partial charge in [-0.3, -0.25) is 4.79 Å². The van der Waals surface area contributed by atoms with Crippen LogP contribution in [0.2, 0.25) is 0 Å². The highest BCUT2D eigenvalue weighted by atomic mass is 16.5. The molecule has 0 aliphatic rings. The number of hydrogen-bond donors (Lipinski definition) is 1. The summed E-state index contributed by atoms with van der Waals surface area (Å²) in [5, 5.41) is 1.88. The number of amidine groups is 1. The summed E-state index contributed by atoms with van der Waals surface area (Å²) in [6.45, 7) is 0. The van der Waals surface area contributed by atoms with Crippen molar-refractivity contribution in [3.63, 3.8) is 0 Å². The first-order valence-electron chi connectivity index (χ1n) is 7.89. The van der Waals surface area contributed by atoms with Crippen molar-refractivity contribution in [2.45, 2.75) is 6.42 Å². The molecule has 0 saturated heterocycles. The van der Waals surface area contributed by atoms with Crippen LogP contribution in [-0.2, 0) is 11.2 Å². The van der Waals surface area contributed by atoms with Crippen molar-refractivity contribution in [2.75, 3.05) is 14.2 Å². The number of aliphatic imine (C=N–C) groups is 1. The minimum atomic E-state index is -0.128. The Kier molecular flexibility index (Phi) is 5.07. The van der Waals surface area contributed by atoms with Crippen molar-refractivity contribution < 1.29 is 14.3 Å². The fourth-order valence-electron chi connectivity index (χ4n) is 2.52. The van der Waals surface area contributed by atoms with Gasteiger partial charge in [0.1, 0.15) is 5.69 Å². The van der Waals surface area contributed by atoms with Crippen molar-refractivity contribution in [2.24, 2.45) is 10.7 Å². The van der Waals surface area contributed by atoms with E-state index in [0.717, 1.165) is 16.3 Å². The molecule has 0 unspecified atom stereocenters. The number of nitrogens with two attached hydrogens (primary N) is 1. The molecule has 1 aromatic heterocycles. The van der Waals surface area contributed by atoms with Gasteiger partial charge in [-0.05, 0) is 23.1 Å². The first-order valence-corrected chi connectivity index (χ1v) is 7.89. The number of aromatic nitrogens is 2. The molecule has 1 heterocycles. The van der Waals surface area contributed by atoms with Gasteiger partial charge in [0.2, 0.25) is 5.88 Å². The minimum absolute atomic E-state index is 0.0764. The molecule has 26 heavy (non-hydrogen) atoms. The zero-order valence-electron chi connectivity index (χ0n) is 14.5. The van der Waals surface area contributed by atoms with Crippen LogP contribution < -0.4 is 10.5 Å². The normalized spacial score (nSPS) is 11.4. The number of benzene rings is 2. The molecule has 2 aromatic carbocycles. The quantitative estimate of drug-likeness (QED) is 0.431. The Balaban J connectivity index is 1.90. The molecule has 3 aromatic rings. The smallest absolute Gasteiger partial charge is 0.286 e. The molecule has 0 bridgehead atoms. The fraction of sp³-hybridized carbons (Fsp3) is 0.158. The van der Waals surface area contributed by atoms with Gasteiger partial charge in [0.25, 0.3) is 6.02 Å². The molecule has 2 N–H and O–H groups in total. The Morgan fingerprint density at radius 1 is 1.15 bits per heavy atom. The molecule has 7 heteroatoms. The molecule has 132 valence electrons. The van der Waals surface area contributed by atoms with E-state index in [2.05, 4.69) is 15.0 Å². The number of carbonyl (C=O) groups excluding carboxylic acids is 1. The second-order valence-electron chi connectivity index (χ2n) is 5.53. The third-order valence-electron chi connectivity index (χ3n) is 3.85. The minimum Gasteiger partial charge on any atom is -0.480 e. The molecule has 0 radical (unpaired) electrons. The van der Waals surface area contributed by atoms with Crippen molar-refractivity contribution in [1.82, 2.24) is 9.97 Å². The van der Waals surface area contributed by atoms with Crippen molar-refractivity contribution >= 4 is 28.3 Å². The van der Waals surface area contributed by atoms with E-state index in [1.807, 2.05) is 36.4 Å². The second kappa shape index (κ2) is 7.60. The number of nitrogens with zero attached hydrogens (tertiary/aromatic N) is 3. The molecule has 0 fully saturated rings. The number of fused-ring (bicyclic) bond motifs is 1. The maximum atomic E-state index is 12.4. The predicted octanol–water partition coefficient (Wildman–Crippen LogP) is 2.66. The average molecular weight is 350 g/mol. The fourth-order valence-corrected chi connectivity index (χ4v) is 2.52. The summed E-state index contributed by atoms with van der Waals surface area (Å²) < 4.78 is 9.87. The standard InChI is InChI=1S/C19H18N4O3/c1-25-18-11-21-16(10-22-18)17(24)9-12-6-7-13-4-3-5-15(14(13)8-12)23-19(20)26-2/h3-8,10-11H,9H2,1-2H3,(H2,20,23). The van der Waals surface area contributed by atoms with Crippen molar-refractivity contribution in [1.29, 1.82) is 0 Å². The molecular weight excluding hydrogens is 332 g/mol. The zero-order valence-corrected chi connectivity index (χ0v) is 14.5. The average Bonchev–Trinajstić information content (AvgIpc) is 2.68. The van der Waals surface area contributed by atoms with Gasteiger partial charge in [0.15, 0.2) is 5.78 Å². The first-order chi connectivity index (χ1) is 12.6. The number of ketones is 1. The highest BCUT2D eigenvalue weighted by molar-refractivity contribution is 5.98. The lowest BCUT2D eigenvalue weighted by molar-refractivity contribution is 0.0987. The first kappa shape index (κ1) is 17.3. The van der Waals surface area contributed by atoms with E-state index in [1.54, 1.807) is 0 Å². The Labute approximate surface area is 150 Å². The monoisotopic (exact) mass is 350 g/mol. The lowest BCUT2D eigenvalue weighted by Gasteiger charge is -2.07. The number of ether oxygens (including phenoxy) is 2. The van der Waals surface area contributed by atoms with Gasteiger partial charge in [0, 0.05) is 11.8 Å². The number of carbonyl (C=O) groups is 1. The van der Waals surface area contributed by atoms with Crippen LogP contribution in [0.15, 0.2) is 53.8 Å². The summed E-state index contributed by atoms with van der Waals surface area (Å²) in [6, 6.07) is 11.6. The SMILES string of the molecule is COC(N)=Nc1cccc2ccc(CC(=O)c3cnc(OC)cn3)cc12. The summed E-state index contributed by atoms with van der Waals surface area (Å²) in [7, 11) is 2.96. The van der Waals surface area contributed by atoms with Crippen molar-refractivity contribution in [3.05, 3.63) is 60.0 Å². The summed E-state index contributed by atoms with van der Waals surface area (Å²) in [5.74, 6) is 0.238. The third-order valence-corrected chi connectivity index (χ3v) is 3.85. The number of rotatable bonds is 5.